The highest BCUT2D eigenvalue weighted by Crippen LogP contribution is 2.32. The molecule has 1 aliphatic rings. The second kappa shape index (κ2) is 6.20. The number of aromatic nitrogens is 4. The summed E-state index contributed by atoms with van der Waals surface area (Å²) >= 11 is 0. The van der Waals surface area contributed by atoms with Crippen LogP contribution in [0.3, 0.4) is 0 Å². The first-order chi connectivity index (χ1) is 11.4. The lowest BCUT2D eigenvalue weighted by atomic mass is 10.1. The summed E-state index contributed by atoms with van der Waals surface area (Å²) in [6.07, 6.45) is -1.93. The van der Waals surface area contributed by atoms with E-state index in [1.165, 1.54) is 17.2 Å². The summed E-state index contributed by atoms with van der Waals surface area (Å²) < 4.78 is 6.83. The highest BCUT2D eigenvalue weighted by molar-refractivity contribution is 5.82. The molecule has 132 valence electrons. The molecule has 2 aromatic heterocycles. The van der Waals surface area contributed by atoms with Crippen molar-refractivity contribution < 1.29 is 30.3 Å². The van der Waals surface area contributed by atoms with Gasteiger partial charge in [0, 0.05) is 6.42 Å². The van der Waals surface area contributed by atoms with Crippen LogP contribution in [0, 0.1) is 0 Å². The highest BCUT2D eigenvalue weighted by atomic mass is 16.6. The van der Waals surface area contributed by atoms with E-state index in [0.29, 0.717) is 0 Å². The third kappa shape index (κ3) is 2.81. The van der Waals surface area contributed by atoms with Crippen LogP contribution in [0.2, 0.25) is 0 Å². The first-order valence-corrected chi connectivity index (χ1v) is 7.41. The maximum Gasteiger partial charge on any atom is 0.245 e. The van der Waals surface area contributed by atoms with Crippen LogP contribution >= 0.6 is 0 Å². The lowest BCUT2D eigenvalue weighted by Gasteiger charge is -2.21. The SMILES string of the molecule is CCC(O)(O)Nc1ncnc2c1ncn2[C@@H]1O[C@H](CO)[C@@H](O)[C@H]1O. The minimum atomic E-state index is -2.16. The normalized spacial score (nSPS) is 27.8. The molecular weight excluding hydrogens is 322 g/mol. The van der Waals surface area contributed by atoms with Crippen molar-refractivity contribution in [2.75, 3.05) is 11.9 Å². The van der Waals surface area contributed by atoms with Gasteiger partial charge in [0.1, 0.15) is 24.6 Å². The molecule has 1 fully saturated rings. The smallest absolute Gasteiger partial charge is 0.245 e. The van der Waals surface area contributed by atoms with Gasteiger partial charge in [-0.3, -0.25) is 4.57 Å². The van der Waals surface area contributed by atoms with Gasteiger partial charge in [0.2, 0.25) is 5.91 Å². The fourth-order valence-electron chi connectivity index (χ4n) is 2.52. The fourth-order valence-corrected chi connectivity index (χ4v) is 2.52. The molecule has 6 N–H and O–H groups in total. The van der Waals surface area contributed by atoms with Gasteiger partial charge in [0.15, 0.2) is 23.2 Å². The minimum absolute atomic E-state index is 0.00796. The van der Waals surface area contributed by atoms with Gasteiger partial charge in [-0.05, 0) is 0 Å². The summed E-state index contributed by atoms with van der Waals surface area (Å²) in [5, 5.41) is 51.0. The number of imidazole rings is 1. The molecule has 24 heavy (non-hydrogen) atoms. The first kappa shape index (κ1) is 17.0. The van der Waals surface area contributed by atoms with Crippen molar-refractivity contribution in [1.82, 2.24) is 19.5 Å². The number of ether oxygens (including phenoxy) is 1. The molecule has 0 radical (unpaired) electrons. The van der Waals surface area contributed by atoms with E-state index in [9.17, 15) is 20.4 Å². The molecule has 3 heterocycles. The predicted molar refractivity (Wildman–Crippen MR) is 79.4 cm³/mol. The third-order valence-corrected chi connectivity index (χ3v) is 3.96. The maximum absolute atomic E-state index is 10.1. The summed E-state index contributed by atoms with van der Waals surface area (Å²) in [6.45, 7) is 1.13. The number of aliphatic hydroxyl groups is 5. The summed E-state index contributed by atoms with van der Waals surface area (Å²) in [5.41, 5.74) is 0.491. The molecule has 1 aliphatic heterocycles. The van der Waals surface area contributed by atoms with Gasteiger partial charge in [-0.2, -0.15) is 0 Å². The standard InChI is InChI=1S/C13H19N5O6/c1-2-13(22,23)17-10-7-11(15-4-14-10)18(5-16-7)12-9(21)8(20)6(3-19)24-12/h4-6,8-9,12,19-23H,2-3H2,1H3,(H,14,15,17)/t6-,8-,9-,12-/m1/s1. The van der Waals surface area contributed by atoms with E-state index in [1.807, 2.05) is 0 Å². The number of fused-ring (bicyclic) bond motifs is 1. The van der Waals surface area contributed by atoms with Crippen LogP contribution in [0.1, 0.15) is 19.6 Å². The van der Waals surface area contributed by atoms with Gasteiger partial charge >= 0.3 is 0 Å². The molecule has 4 atom stereocenters. The fraction of sp³-hybridized carbons (Fsp3) is 0.615. The molecule has 0 bridgehead atoms. The summed E-state index contributed by atoms with van der Waals surface area (Å²) in [5.74, 6) is -2.07. The molecule has 3 rings (SSSR count). The van der Waals surface area contributed by atoms with Crippen molar-refractivity contribution in [3.05, 3.63) is 12.7 Å². The minimum Gasteiger partial charge on any atom is -0.394 e. The van der Waals surface area contributed by atoms with Crippen LogP contribution in [0.25, 0.3) is 11.2 Å². The first-order valence-electron chi connectivity index (χ1n) is 7.41. The van der Waals surface area contributed by atoms with Gasteiger partial charge in [-0.25, -0.2) is 15.0 Å². The van der Waals surface area contributed by atoms with Crippen molar-refractivity contribution in [3.8, 4) is 0 Å². The van der Waals surface area contributed by atoms with Crippen LogP contribution in [0.5, 0.6) is 0 Å². The Morgan fingerprint density at radius 2 is 2.00 bits per heavy atom. The van der Waals surface area contributed by atoms with Gasteiger partial charge in [0.05, 0.1) is 12.9 Å². The van der Waals surface area contributed by atoms with Crippen LogP contribution in [-0.2, 0) is 4.74 Å². The van der Waals surface area contributed by atoms with Crippen LogP contribution in [-0.4, -0.2) is 75.9 Å². The quantitative estimate of drug-likeness (QED) is 0.332. The number of aliphatic hydroxyl groups excluding tert-OH is 3. The summed E-state index contributed by atoms with van der Waals surface area (Å²) in [6, 6.07) is 0. The van der Waals surface area contributed by atoms with Crippen LogP contribution in [0.4, 0.5) is 5.82 Å². The van der Waals surface area contributed by atoms with E-state index in [1.54, 1.807) is 6.92 Å². The average Bonchev–Trinajstić information content (AvgIpc) is 3.10. The van der Waals surface area contributed by atoms with E-state index < -0.39 is 37.1 Å². The Balaban J connectivity index is 1.97. The number of anilines is 1. The second-order valence-electron chi connectivity index (χ2n) is 5.57. The van der Waals surface area contributed by atoms with Crippen molar-refractivity contribution in [1.29, 1.82) is 0 Å². The molecule has 0 aromatic carbocycles. The Hall–Kier alpha value is -1.89. The lowest BCUT2D eigenvalue weighted by molar-refractivity contribution is -0.137. The molecule has 11 heteroatoms. The highest BCUT2D eigenvalue weighted by Gasteiger charge is 2.44. The maximum atomic E-state index is 10.1. The van der Waals surface area contributed by atoms with Crippen LogP contribution < -0.4 is 5.32 Å². The molecule has 2 aromatic rings. The molecular formula is C13H19N5O6. The van der Waals surface area contributed by atoms with Gasteiger partial charge < -0.3 is 35.6 Å². The molecule has 0 aliphatic carbocycles. The second-order valence-corrected chi connectivity index (χ2v) is 5.57. The van der Waals surface area contributed by atoms with Gasteiger partial charge in [0.25, 0.3) is 0 Å². The Morgan fingerprint density at radius 1 is 1.25 bits per heavy atom. The number of nitrogens with one attached hydrogen (secondary N) is 1. The molecule has 1 saturated heterocycles. The predicted octanol–water partition coefficient (Wildman–Crippen LogP) is -2.10. The van der Waals surface area contributed by atoms with Crippen molar-refractivity contribution in [3.63, 3.8) is 0 Å². The lowest BCUT2D eigenvalue weighted by Crippen LogP contribution is -2.37. The Bertz CT molecular complexity index is 722. The van der Waals surface area contributed by atoms with Gasteiger partial charge in [-0.15, -0.1) is 0 Å². The topological polar surface area (TPSA) is 166 Å². The van der Waals surface area contributed by atoms with E-state index >= 15 is 0 Å². The zero-order valence-electron chi connectivity index (χ0n) is 12.8. The van der Waals surface area contributed by atoms with E-state index in [0.717, 1.165) is 0 Å². The van der Waals surface area contributed by atoms with Crippen molar-refractivity contribution in [2.24, 2.45) is 0 Å². The zero-order chi connectivity index (χ0) is 17.5. The summed E-state index contributed by atoms with van der Waals surface area (Å²) in [4.78, 5) is 12.1. The summed E-state index contributed by atoms with van der Waals surface area (Å²) in [7, 11) is 0. The van der Waals surface area contributed by atoms with Crippen molar-refractivity contribution in [2.45, 2.75) is 43.8 Å². The number of nitrogens with zero attached hydrogens (tertiary/aromatic N) is 4. The third-order valence-electron chi connectivity index (χ3n) is 3.96. The molecule has 11 nitrogen and oxygen atoms in total. The van der Waals surface area contributed by atoms with E-state index in [-0.39, 0.29) is 23.4 Å². The molecule has 0 saturated carbocycles. The van der Waals surface area contributed by atoms with E-state index in [2.05, 4.69) is 20.3 Å². The van der Waals surface area contributed by atoms with Gasteiger partial charge in [-0.1, -0.05) is 6.92 Å². The van der Waals surface area contributed by atoms with E-state index in [4.69, 9.17) is 9.84 Å². The Labute approximate surface area is 136 Å². The number of hydrogen-bond donors (Lipinski definition) is 6. The van der Waals surface area contributed by atoms with Crippen molar-refractivity contribution >= 4 is 17.0 Å². The Kier molecular flexibility index (Phi) is 4.38. The number of hydrogen-bond acceptors (Lipinski definition) is 10. The van der Waals surface area contributed by atoms with Crippen LogP contribution in [0.15, 0.2) is 12.7 Å². The largest absolute Gasteiger partial charge is 0.394 e. The average molecular weight is 341 g/mol. The zero-order valence-corrected chi connectivity index (χ0v) is 12.8. The number of rotatable bonds is 5. The monoisotopic (exact) mass is 341 g/mol. The molecule has 0 amide bonds. The molecule has 0 unspecified atom stereocenters. The molecule has 0 spiro atoms. The Morgan fingerprint density at radius 3 is 2.62 bits per heavy atom.